The van der Waals surface area contributed by atoms with Gasteiger partial charge in [-0.3, -0.25) is 9.97 Å². The van der Waals surface area contributed by atoms with E-state index >= 15 is 0 Å². The molecule has 0 saturated heterocycles. The number of rotatable bonds is 13. The Balaban J connectivity index is 0.895. The summed E-state index contributed by atoms with van der Waals surface area (Å²) in [7, 11) is -2.95. The first-order chi connectivity index (χ1) is 53.6. The van der Waals surface area contributed by atoms with E-state index < -0.39 is 8.07 Å². The molecule has 0 bridgehead atoms. The molecular weight excluding hydrogens is 1320 g/mol. The Hall–Kier alpha value is -13.9. The summed E-state index contributed by atoms with van der Waals surface area (Å²) in [5.74, 6) is 0. The van der Waals surface area contributed by atoms with E-state index in [1.54, 1.807) is 0 Å². The topological polar surface area (TPSA) is 42.1 Å². The van der Waals surface area contributed by atoms with E-state index in [0.29, 0.717) is 0 Å². The molecular formula is C100H67BN6Si. The average molecular weight is 1390 g/mol. The summed E-state index contributed by atoms with van der Waals surface area (Å²) in [4.78, 5) is 15.7. The molecule has 15 aromatic carbocycles. The lowest BCUT2D eigenvalue weighted by Gasteiger charge is -2.46. The summed E-state index contributed by atoms with van der Waals surface area (Å²) >= 11 is 0. The van der Waals surface area contributed by atoms with Gasteiger partial charge in [-0.15, -0.1) is 0 Å². The molecule has 0 amide bonds. The van der Waals surface area contributed by atoms with Crippen molar-refractivity contribution in [3.8, 4) is 67.0 Å². The third-order valence-corrected chi connectivity index (χ3v) is 27.4. The van der Waals surface area contributed by atoms with E-state index in [2.05, 4.69) is 426 Å². The molecule has 8 heteroatoms. The van der Waals surface area contributed by atoms with Crippen molar-refractivity contribution in [1.29, 1.82) is 0 Å². The number of fused-ring (bicyclic) bond motifs is 10. The van der Waals surface area contributed by atoms with Gasteiger partial charge in [0.15, 0.2) is 8.07 Å². The summed E-state index contributed by atoms with van der Waals surface area (Å²) in [5.41, 5.74) is 27.0. The highest BCUT2D eigenvalue weighted by molar-refractivity contribution is 7.20. The monoisotopic (exact) mass is 1390 g/mol. The average Bonchev–Trinajstić information content (AvgIpc) is 0.727. The number of benzene rings is 15. The zero-order valence-corrected chi connectivity index (χ0v) is 59.9. The summed E-state index contributed by atoms with van der Waals surface area (Å²) in [6.45, 7) is -0.296. The molecule has 6 nitrogen and oxygen atoms in total. The second kappa shape index (κ2) is 25.7. The van der Waals surface area contributed by atoms with Crippen molar-refractivity contribution in [2.45, 2.75) is 0 Å². The van der Waals surface area contributed by atoms with Gasteiger partial charge in [-0.25, -0.2) is 0 Å². The van der Waals surface area contributed by atoms with E-state index in [0.717, 1.165) is 123 Å². The van der Waals surface area contributed by atoms with Gasteiger partial charge >= 0.3 is 0 Å². The van der Waals surface area contributed by atoms with Crippen LogP contribution in [-0.4, -0.2) is 33.9 Å². The fraction of sp³-hybridized carbons (Fsp3) is 0. The lowest BCUT2D eigenvalue weighted by atomic mass is 9.33. The molecule has 0 N–H and O–H groups in total. The summed E-state index contributed by atoms with van der Waals surface area (Å²) in [6.07, 6.45) is 8.33. The predicted molar refractivity (Wildman–Crippen MR) is 456 cm³/mol. The highest BCUT2D eigenvalue weighted by Crippen LogP contribution is 2.54. The van der Waals surface area contributed by atoms with Crippen LogP contribution in [0.2, 0.25) is 0 Å². The minimum Gasteiger partial charge on any atom is -0.310 e. The SMILES string of the molecule is c1ccc(-c2cc3c4c(c2)N(c2c(-c5ccccc5)cncc2-c2ccccc2)c2cc(-n5c6ccccc6c6cc([Si](c7ccccc7)(c7ccccc7)c7ccccc7)ccc65)ccc2B4c2ccc(-n4c5ccccc5c5ccccc54)cc2N3c2c(-c3ccccc3)cncc2-c2ccccc2)cc1. The van der Waals surface area contributed by atoms with Gasteiger partial charge in [-0.2, -0.15) is 0 Å². The maximum atomic E-state index is 5.22. The molecule has 108 heavy (non-hydrogen) atoms. The maximum absolute atomic E-state index is 5.22. The Morgan fingerprint density at radius 2 is 0.546 bits per heavy atom. The van der Waals surface area contributed by atoms with Gasteiger partial charge in [0, 0.05) is 103 Å². The first-order valence-corrected chi connectivity index (χ1v) is 39.1. The van der Waals surface area contributed by atoms with Crippen molar-refractivity contribution in [3.63, 3.8) is 0 Å². The maximum Gasteiger partial charge on any atom is 0.252 e. The number of nitrogens with zero attached hydrogens (tertiary/aromatic N) is 6. The largest absolute Gasteiger partial charge is 0.310 e. The molecule has 21 rings (SSSR count). The number of para-hydroxylation sites is 3. The fourth-order valence-electron chi connectivity index (χ4n) is 18.0. The zero-order chi connectivity index (χ0) is 71.2. The highest BCUT2D eigenvalue weighted by Gasteiger charge is 2.47. The van der Waals surface area contributed by atoms with Crippen molar-refractivity contribution in [2.24, 2.45) is 0 Å². The first-order valence-electron chi connectivity index (χ1n) is 37.1. The van der Waals surface area contributed by atoms with Crippen LogP contribution in [0.15, 0.2) is 407 Å². The summed E-state index contributed by atoms with van der Waals surface area (Å²) < 4.78 is 5.00. The molecule has 2 aliphatic rings. The van der Waals surface area contributed by atoms with Crippen LogP contribution in [0.25, 0.3) is 111 Å². The third kappa shape index (κ3) is 9.88. The highest BCUT2D eigenvalue weighted by atomic mass is 28.3. The van der Waals surface area contributed by atoms with Gasteiger partial charge < -0.3 is 18.9 Å². The smallest absolute Gasteiger partial charge is 0.252 e. The molecule has 19 aromatic rings. The van der Waals surface area contributed by atoms with Crippen LogP contribution in [-0.2, 0) is 0 Å². The van der Waals surface area contributed by atoms with Crippen LogP contribution < -0.4 is 46.9 Å². The quantitative estimate of drug-likeness (QED) is 0.0852. The number of hydrogen-bond donors (Lipinski definition) is 0. The lowest BCUT2D eigenvalue weighted by Crippen LogP contribution is -2.74. The third-order valence-electron chi connectivity index (χ3n) is 22.6. The molecule has 6 heterocycles. The Morgan fingerprint density at radius 1 is 0.231 bits per heavy atom. The van der Waals surface area contributed by atoms with E-state index in [1.807, 2.05) is 0 Å². The first kappa shape index (κ1) is 62.6. The Kier molecular flexibility index (Phi) is 14.9. The molecule has 0 aliphatic carbocycles. The fourth-order valence-corrected chi connectivity index (χ4v) is 22.7. The zero-order valence-electron chi connectivity index (χ0n) is 58.9. The predicted octanol–water partition coefficient (Wildman–Crippen LogP) is 20.5. The van der Waals surface area contributed by atoms with Gasteiger partial charge in [-0.05, 0) is 131 Å². The number of pyridine rings is 2. The summed E-state index contributed by atoms with van der Waals surface area (Å²) in [6, 6.07) is 142. The number of anilines is 6. The number of aromatic nitrogens is 4. The van der Waals surface area contributed by atoms with Crippen LogP contribution in [0.5, 0.6) is 0 Å². The van der Waals surface area contributed by atoms with Crippen LogP contribution in [0, 0.1) is 0 Å². The molecule has 0 atom stereocenters. The Bertz CT molecular complexity index is 6410. The molecule has 0 fully saturated rings. The van der Waals surface area contributed by atoms with E-state index in [1.165, 1.54) is 58.7 Å². The molecule has 0 saturated carbocycles. The van der Waals surface area contributed by atoms with Crippen molar-refractivity contribution in [2.75, 3.05) is 9.80 Å². The van der Waals surface area contributed by atoms with Crippen LogP contribution >= 0.6 is 0 Å². The standard InChI is InChI=1S/C100H67BN6Si/c1-9-31-68(32-10-1)73-59-96-98-97(60-73)107(100-86(71-37-15-4-16-38-71)66-103-67-87(100)72-39-17-5-18-40-72)95-62-75(105-92-52-30-27-49-82(92)83-63-79(55-58-93(83)105)108(76-41-19-6-20-42-76,77-43-21-7-22-44-77)78-45-23-8-24-46-78)54-57-89(95)101(98)88-56-53-74(104-90-50-28-25-47-80(90)81-48-26-29-51-91(81)104)61-94(88)106(96)99-84(69-33-11-2-12-34-69)64-102-65-85(99)70-35-13-3-14-36-70/h1-67H. The molecule has 0 radical (unpaired) electrons. The minimum absolute atomic E-state index is 0.296. The second-order valence-corrected chi connectivity index (χ2v) is 32.1. The Morgan fingerprint density at radius 3 is 0.917 bits per heavy atom. The number of hydrogen-bond acceptors (Lipinski definition) is 4. The van der Waals surface area contributed by atoms with Crippen LogP contribution in [0.1, 0.15) is 0 Å². The van der Waals surface area contributed by atoms with Crippen LogP contribution in [0.3, 0.4) is 0 Å². The van der Waals surface area contributed by atoms with Crippen LogP contribution in [0.4, 0.5) is 34.1 Å². The molecule has 4 aromatic heterocycles. The summed E-state index contributed by atoms with van der Waals surface area (Å²) in [5, 5.41) is 10.1. The van der Waals surface area contributed by atoms with Crippen molar-refractivity contribution in [3.05, 3.63) is 407 Å². The lowest BCUT2D eigenvalue weighted by molar-refractivity contribution is 1.16. The van der Waals surface area contributed by atoms with Gasteiger partial charge in [0.1, 0.15) is 0 Å². The van der Waals surface area contributed by atoms with Crippen molar-refractivity contribution in [1.82, 2.24) is 19.1 Å². The van der Waals surface area contributed by atoms with E-state index in [9.17, 15) is 0 Å². The molecule has 2 aliphatic heterocycles. The van der Waals surface area contributed by atoms with E-state index in [-0.39, 0.29) is 6.71 Å². The normalized spacial score (nSPS) is 12.4. The molecule has 0 unspecified atom stereocenters. The van der Waals surface area contributed by atoms with Crippen molar-refractivity contribution >= 4 is 130 Å². The molecule has 504 valence electrons. The van der Waals surface area contributed by atoms with Gasteiger partial charge in [-0.1, -0.05) is 322 Å². The second-order valence-electron chi connectivity index (χ2n) is 28.3. The van der Waals surface area contributed by atoms with Gasteiger partial charge in [0.05, 0.1) is 33.4 Å². The van der Waals surface area contributed by atoms with Crippen molar-refractivity contribution < 1.29 is 0 Å². The van der Waals surface area contributed by atoms with Gasteiger partial charge in [0.2, 0.25) is 0 Å². The Labute approximate surface area is 628 Å². The minimum atomic E-state index is -2.95. The van der Waals surface area contributed by atoms with E-state index in [4.69, 9.17) is 9.97 Å². The van der Waals surface area contributed by atoms with Gasteiger partial charge in [0.25, 0.3) is 6.71 Å². The molecule has 0 spiro atoms.